The Morgan fingerprint density at radius 2 is 1.88 bits per heavy atom. The van der Waals surface area contributed by atoms with Gasteiger partial charge in [0.1, 0.15) is 23.1 Å². The SMILES string of the molecule is [2H]C([2H])([2H])c1cc(C)c(-c2ccnc[n+]2C)c2oc3c4ccccc4ccc3c12. The molecule has 0 saturated carbocycles. The largest absolute Gasteiger partial charge is 0.455 e. The second kappa shape index (κ2) is 5.40. The van der Waals surface area contributed by atoms with E-state index in [0.29, 0.717) is 22.1 Å². The van der Waals surface area contributed by atoms with Crippen LogP contribution in [0.15, 0.2) is 65.5 Å². The Labute approximate surface area is 155 Å². The van der Waals surface area contributed by atoms with Gasteiger partial charge in [0.25, 0.3) is 6.33 Å². The number of furan rings is 1. The van der Waals surface area contributed by atoms with Crippen molar-refractivity contribution in [2.24, 2.45) is 7.05 Å². The van der Waals surface area contributed by atoms with Crippen LogP contribution in [-0.4, -0.2) is 4.98 Å². The minimum Gasteiger partial charge on any atom is -0.455 e. The van der Waals surface area contributed by atoms with Crippen LogP contribution in [0.4, 0.5) is 0 Å². The van der Waals surface area contributed by atoms with Crippen molar-refractivity contribution in [1.82, 2.24) is 4.98 Å². The molecule has 0 aliphatic rings. The van der Waals surface area contributed by atoms with Crippen LogP contribution < -0.4 is 4.57 Å². The second-order valence-corrected chi connectivity index (χ2v) is 6.66. The number of rotatable bonds is 1. The lowest BCUT2D eigenvalue weighted by molar-refractivity contribution is -0.663. The summed E-state index contributed by atoms with van der Waals surface area (Å²) in [6.45, 7) is -0.319. The molecule has 0 N–H and O–H groups in total. The highest BCUT2D eigenvalue weighted by Crippen LogP contribution is 2.41. The van der Waals surface area contributed by atoms with Gasteiger partial charge in [0.05, 0.1) is 12.6 Å². The fourth-order valence-corrected chi connectivity index (χ4v) is 3.82. The summed E-state index contributed by atoms with van der Waals surface area (Å²) in [7, 11) is 1.92. The van der Waals surface area contributed by atoms with Crippen LogP contribution in [0.25, 0.3) is 44.0 Å². The monoisotopic (exact) mass is 342 g/mol. The van der Waals surface area contributed by atoms with Gasteiger partial charge in [0, 0.05) is 26.3 Å². The topological polar surface area (TPSA) is 29.9 Å². The Kier molecular flexibility index (Phi) is 2.53. The molecular weight excluding hydrogens is 320 g/mol. The molecule has 26 heavy (non-hydrogen) atoms. The van der Waals surface area contributed by atoms with Crippen molar-refractivity contribution >= 4 is 32.7 Å². The average molecular weight is 342 g/mol. The molecule has 2 heterocycles. The van der Waals surface area contributed by atoms with Gasteiger partial charge in [-0.25, -0.2) is 4.57 Å². The molecular formula is C23H19N2O+. The van der Waals surface area contributed by atoms with Crippen molar-refractivity contribution in [3.05, 3.63) is 72.2 Å². The van der Waals surface area contributed by atoms with E-state index in [9.17, 15) is 0 Å². The highest BCUT2D eigenvalue weighted by molar-refractivity contribution is 6.18. The van der Waals surface area contributed by atoms with E-state index in [1.165, 1.54) is 0 Å². The van der Waals surface area contributed by atoms with Crippen LogP contribution in [0.5, 0.6) is 0 Å². The van der Waals surface area contributed by atoms with E-state index in [1.54, 1.807) is 18.6 Å². The van der Waals surface area contributed by atoms with E-state index in [4.69, 9.17) is 8.53 Å². The molecule has 0 fully saturated rings. The van der Waals surface area contributed by atoms with Gasteiger partial charge in [-0.3, -0.25) is 0 Å². The maximum atomic E-state index is 8.12. The van der Waals surface area contributed by atoms with Crippen LogP contribution in [0, 0.1) is 13.8 Å². The maximum absolute atomic E-state index is 8.12. The van der Waals surface area contributed by atoms with Gasteiger partial charge >= 0.3 is 0 Å². The van der Waals surface area contributed by atoms with Crippen molar-refractivity contribution in [1.29, 1.82) is 0 Å². The Hall–Kier alpha value is -3.20. The summed E-state index contributed by atoms with van der Waals surface area (Å²) >= 11 is 0. The normalized spacial score (nSPS) is 13.8. The Bertz CT molecular complexity index is 1420. The molecule has 0 atom stereocenters. The van der Waals surface area contributed by atoms with E-state index in [-0.39, 0.29) is 0 Å². The standard InChI is InChI=1S/C23H19N2O/c1-14-12-15(2)21(19-10-11-24-13-25(19)3)23-20(14)18-9-8-16-6-4-5-7-17(16)22(18)26-23/h4-13H,1-3H3/q+1/i1D3. The van der Waals surface area contributed by atoms with Crippen molar-refractivity contribution in [3.8, 4) is 11.3 Å². The third-order valence-electron chi connectivity index (χ3n) is 5.03. The molecule has 0 aliphatic heterocycles. The molecule has 5 rings (SSSR count). The summed E-state index contributed by atoms with van der Waals surface area (Å²) in [5.41, 5.74) is 4.30. The molecule has 0 unspecified atom stereocenters. The quantitative estimate of drug-likeness (QED) is 0.390. The first-order valence-corrected chi connectivity index (χ1v) is 8.54. The highest BCUT2D eigenvalue weighted by Gasteiger charge is 2.21. The third-order valence-corrected chi connectivity index (χ3v) is 5.03. The van der Waals surface area contributed by atoms with E-state index in [2.05, 4.69) is 4.98 Å². The summed E-state index contributed by atoms with van der Waals surface area (Å²) in [6.07, 6.45) is 3.46. The van der Waals surface area contributed by atoms with Gasteiger partial charge in [-0.1, -0.05) is 41.4 Å². The van der Waals surface area contributed by atoms with Crippen LogP contribution in [0.3, 0.4) is 0 Å². The first-order chi connectivity index (χ1) is 13.9. The van der Waals surface area contributed by atoms with E-state index in [1.807, 2.05) is 61.0 Å². The number of fused-ring (bicyclic) bond motifs is 5. The molecule has 0 aliphatic carbocycles. The summed E-state index contributed by atoms with van der Waals surface area (Å²) < 4.78 is 32.7. The molecule has 3 nitrogen and oxygen atoms in total. The zero-order chi connectivity index (χ0) is 20.3. The molecule has 0 radical (unpaired) electrons. The number of aromatic nitrogens is 2. The average Bonchev–Trinajstić information content (AvgIpc) is 3.07. The van der Waals surface area contributed by atoms with Gasteiger partial charge in [-0.2, -0.15) is 0 Å². The van der Waals surface area contributed by atoms with Gasteiger partial charge in [0.2, 0.25) is 0 Å². The summed E-state index contributed by atoms with van der Waals surface area (Å²) in [4.78, 5) is 4.16. The predicted octanol–water partition coefficient (Wildman–Crippen LogP) is 5.24. The summed E-state index contributed by atoms with van der Waals surface area (Å²) in [6, 6.07) is 15.7. The van der Waals surface area contributed by atoms with Gasteiger partial charge < -0.3 is 4.42 Å². The van der Waals surface area contributed by atoms with Crippen LogP contribution in [0.1, 0.15) is 15.2 Å². The summed E-state index contributed by atoms with van der Waals surface area (Å²) in [5, 5.41) is 3.51. The third kappa shape index (κ3) is 2.00. The molecule has 3 heteroatoms. The first-order valence-electron chi connectivity index (χ1n) is 10.0. The van der Waals surface area contributed by atoms with Crippen molar-refractivity contribution in [3.63, 3.8) is 0 Å². The van der Waals surface area contributed by atoms with Crippen molar-refractivity contribution in [2.45, 2.75) is 13.8 Å². The zero-order valence-electron chi connectivity index (χ0n) is 17.6. The number of nitrogens with zero attached hydrogens (tertiary/aromatic N) is 2. The smallest absolute Gasteiger partial charge is 0.286 e. The lowest BCUT2D eigenvalue weighted by Crippen LogP contribution is -2.31. The number of hydrogen-bond acceptors (Lipinski definition) is 2. The minimum atomic E-state index is -2.25. The molecule has 0 bridgehead atoms. The number of aryl methyl sites for hydroxylation is 3. The maximum Gasteiger partial charge on any atom is 0.286 e. The van der Waals surface area contributed by atoms with Crippen molar-refractivity contribution < 1.29 is 13.1 Å². The zero-order valence-corrected chi connectivity index (χ0v) is 14.6. The number of benzene rings is 3. The van der Waals surface area contributed by atoms with Gasteiger partial charge in [-0.05, 0) is 36.4 Å². The molecule has 0 saturated heterocycles. The van der Waals surface area contributed by atoms with E-state index >= 15 is 0 Å². The van der Waals surface area contributed by atoms with Crippen LogP contribution in [-0.2, 0) is 7.05 Å². The lowest BCUT2D eigenvalue weighted by atomic mass is 9.96. The summed E-state index contributed by atoms with van der Waals surface area (Å²) in [5.74, 6) is 0. The highest BCUT2D eigenvalue weighted by atomic mass is 16.3. The fourth-order valence-electron chi connectivity index (χ4n) is 3.82. The Morgan fingerprint density at radius 1 is 1.00 bits per heavy atom. The van der Waals surface area contributed by atoms with E-state index in [0.717, 1.165) is 33.0 Å². The first kappa shape index (κ1) is 12.2. The molecule has 0 spiro atoms. The Balaban J connectivity index is 2.04. The van der Waals surface area contributed by atoms with Crippen LogP contribution >= 0.6 is 0 Å². The molecule has 126 valence electrons. The molecule has 3 aromatic carbocycles. The minimum absolute atomic E-state index is 0.319. The van der Waals surface area contributed by atoms with E-state index < -0.39 is 6.85 Å². The van der Waals surface area contributed by atoms with Gasteiger partial charge in [-0.15, -0.1) is 0 Å². The van der Waals surface area contributed by atoms with Crippen LogP contribution in [0.2, 0.25) is 0 Å². The predicted molar refractivity (Wildman–Crippen MR) is 105 cm³/mol. The number of hydrogen-bond donors (Lipinski definition) is 0. The molecule has 5 aromatic rings. The fraction of sp³-hybridized carbons (Fsp3) is 0.130. The lowest BCUT2D eigenvalue weighted by Gasteiger charge is -2.08. The molecule has 0 amide bonds. The second-order valence-electron chi connectivity index (χ2n) is 6.66. The van der Waals surface area contributed by atoms with Crippen molar-refractivity contribution in [2.75, 3.05) is 0 Å². The molecule has 2 aromatic heterocycles. The van der Waals surface area contributed by atoms with Gasteiger partial charge in [0.15, 0.2) is 0 Å². The Morgan fingerprint density at radius 3 is 2.73 bits per heavy atom.